The van der Waals surface area contributed by atoms with Gasteiger partial charge < -0.3 is 21.1 Å². The van der Waals surface area contributed by atoms with E-state index in [1.807, 2.05) is 0 Å². The number of nitrogens with two attached hydrogens (primary N) is 1. The first-order valence-corrected chi connectivity index (χ1v) is 5.49. The zero-order chi connectivity index (χ0) is 11.3. The molecule has 1 saturated heterocycles. The first-order chi connectivity index (χ1) is 7.09. The Labute approximate surface area is 90.6 Å². The number of aliphatic hydroxyl groups is 1. The van der Waals surface area contributed by atoms with Crippen molar-refractivity contribution in [3.8, 4) is 0 Å². The van der Waals surface area contributed by atoms with Gasteiger partial charge in [-0.1, -0.05) is 0 Å². The number of rotatable bonds is 4. The quantitative estimate of drug-likeness (QED) is 0.556. The van der Waals surface area contributed by atoms with Crippen LogP contribution in [0, 0.1) is 0 Å². The fourth-order valence-electron chi connectivity index (χ4n) is 1.82. The standard InChI is InChI=1S/C10H21N3O2/c1-13-5-2-3-8(4-6-13)12-7-9(14)10(11)15/h8-9,12,14H,2-7H2,1H3,(H2,11,15). The van der Waals surface area contributed by atoms with E-state index in [9.17, 15) is 9.90 Å². The lowest BCUT2D eigenvalue weighted by atomic mass is 10.1. The Morgan fingerprint density at radius 2 is 2.33 bits per heavy atom. The van der Waals surface area contributed by atoms with E-state index < -0.39 is 12.0 Å². The Balaban J connectivity index is 2.23. The summed E-state index contributed by atoms with van der Waals surface area (Å²) in [6.45, 7) is 2.45. The van der Waals surface area contributed by atoms with Gasteiger partial charge in [0, 0.05) is 12.6 Å². The van der Waals surface area contributed by atoms with Crippen LogP contribution in [0.4, 0.5) is 0 Å². The summed E-state index contributed by atoms with van der Waals surface area (Å²) in [6, 6.07) is 0.393. The Kier molecular flexibility index (Phi) is 5.01. The first-order valence-electron chi connectivity index (χ1n) is 5.49. The number of amides is 1. The number of nitrogens with zero attached hydrogens (tertiary/aromatic N) is 1. The average Bonchev–Trinajstić information content (AvgIpc) is 2.39. The predicted molar refractivity (Wildman–Crippen MR) is 58.3 cm³/mol. The molecule has 0 aromatic carbocycles. The fourth-order valence-corrected chi connectivity index (χ4v) is 1.82. The second-order valence-corrected chi connectivity index (χ2v) is 4.26. The Bertz CT molecular complexity index is 211. The maximum Gasteiger partial charge on any atom is 0.247 e. The molecule has 1 fully saturated rings. The lowest BCUT2D eigenvalue weighted by Gasteiger charge is -2.17. The van der Waals surface area contributed by atoms with Crippen LogP contribution in [0.25, 0.3) is 0 Å². The van der Waals surface area contributed by atoms with Crippen molar-refractivity contribution < 1.29 is 9.90 Å². The molecular weight excluding hydrogens is 194 g/mol. The minimum atomic E-state index is -1.06. The van der Waals surface area contributed by atoms with Gasteiger partial charge in [-0.3, -0.25) is 4.79 Å². The second-order valence-electron chi connectivity index (χ2n) is 4.26. The van der Waals surface area contributed by atoms with Gasteiger partial charge in [-0.05, 0) is 39.4 Å². The number of hydrogen-bond donors (Lipinski definition) is 3. The summed E-state index contributed by atoms with van der Waals surface area (Å²) in [5.41, 5.74) is 4.97. The van der Waals surface area contributed by atoms with E-state index in [4.69, 9.17) is 5.73 Å². The summed E-state index contributed by atoms with van der Waals surface area (Å²) in [6.07, 6.45) is 2.24. The third kappa shape index (κ3) is 4.59. The van der Waals surface area contributed by atoms with Crippen LogP contribution in [0.1, 0.15) is 19.3 Å². The van der Waals surface area contributed by atoms with Crippen LogP contribution < -0.4 is 11.1 Å². The van der Waals surface area contributed by atoms with Crippen LogP contribution in [0.5, 0.6) is 0 Å². The molecule has 0 aliphatic carbocycles. The molecule has 15 heavy (non-hydrogen) atoms. The van der Waals surface area contributed by atoms with Crippen molar-refractivity contribution in [2.75, 3.05) is 26.7 Å². The van der Waals surface area contributed by atoms with Crippen molar-refractivity contribution in [3.05, 3.63) is 0 Å². The summed E-state index contributed by atoms with van der Waals surface area (Å²) in [4.78, 5) is 12.9. The van der Waals surface area contributed by atoms with Gasteiger partial charge in [0.05, 0.1) is 0 Å². The molecule has 1 aliphatic heterocycles. The third-order valence-corrected chi connectivity index (χ3v) is 2.88. The Morgan fingerprint density at radius 3 is 3.00 bits per heavy atom. The highest BCUT2D eigenvalue weighted by atomic mass is 16.3. The predicted octanol–water partition coefficient (Wildman–Crippen LogP) is -1.09. The Morgan fingerprint density at radius 1 is 1.60 bits per heavy atom. The highest BCUT2D eigenvalue weighted by molar-refractivity contribution is 5.78. The largest absolute Gasteiger partial charge is 0.382 e. The topological polar surface area (TPSA) is 78.6 Å². The summed E-state index contributed by atoms with van der Waals surface area (Å²) in [7, 11) is 2.11. The van der Waals surface area contributed by atoms with Gasteiger partial charge in [0.1, 0.15) is 6.10 Å². The third-order valence-electron chi connectivity index (χ3n) is 2.88. The van der Waals surface area contributed by atoms with Crippen LogP contribution in [0.15, 0.2) is 0 Å². The molecule has 1 heterocycles. The maximum absolute atomic E-state index is 10.6. The number of carbonyl (C=O) groups excluding carboxylic acids is 1. The van der Waals surface area contributed by atoms with E-state index in [1.165, 1.54) is 0 Å². The molecule has 2 atom stereocenters. The highest BCUT2D eigenvalue weighted by Crippen LogP contribution is 2.09. The summed E-state index contributed by atoms with van der Waals surface area (Å²) >= 11 is 0. The molecule has 0 saturated carbocycles. The van der Waals surface area contributed by atoms with Crippen molar-refractivity contribution in [3.63, 3.8) is 0 Å². The first kappa shape index (κ1) is 12.4. The van der Waals surface area contributed by atoms with E-state index in [1.54, 1.807) is 0 Å². The molecular formula is C10H21N3O2. The molecule has 0 spiro atoms. The van der Waals surface area contributed by atoms with Crippen molar-refractivity contribution in [1.29, 1.82) is 0 Å². The van der Waals surface area contributed by atoms with Gasteiger partial charge in [-0.2, -0.15) is 0 Å². The van der Waals surface area contributed by atoms with Gasteiger partial charge in [-0.15, -0.1) is 0 Å². The van der Waals surface area contributed by atoms with Gasteiger partial charge in [0.2, 0.25) is 5.91 Å². The average molecular weight is 215 g/mol. The lowest BCUT2D eigenvalue weighted by molar-refractivity contribution is -0.125. The molecule has 1 amide bonds. The van der Waals surface area contributed by atoms with Crippen LogP contribution in [0.3, 0.4) is 0 Å². The lowest BCUT2D eigenvalue weighted by Crippen LogP contribution is -2.42. The highest BCUT2D eigenvalue weighted by Gasteiger charge is 2.17. The second kappa shape index (κ2) is 6.05. The van der Waals surface area contributed by atoms with Crippen molar-refractivity contribution in [1.82, 2.24) is 10.2 Å². The van der Waals surface area contributed by atoms with E-state index >= 15 is 0 Å². The number of primary amides is 1. The summed E-state index contributed by atoms with van der Waals surface area (Å²) in [5.74, 6) is -0.659. The zero-order valence-corrected chi connectivity index (χ0v) is 9.28. The molecule has 5 heteroatoms. The van der Waals surface area contributed by atoms with Crippen molar-refractivity contribution in [2.45, 2.75) is 31.4 Å². The maximum atomic E-state index is 10.6. The van der Waals surface area contributed by atoms with E-state index in [0.29, 0.717) is 6.04 Å². The zero-order valence-electron chi connectivity index (χ0n) is 9.28. The van der Waals surface area contributed by atoms with E-state index in [-0.39, 0.29) is 6.54 Å². The minimum absolute atomic E-state index is 0.268. The number of nitrogens with one attached hydrogen (secondary N) is 1. The number of carbonyl (C=O) groups is 1. The molecule has 0 aromatic rings. The molecule has 0 aromatic heterocycles. The van der Waals surface area contributed by atoms with Gasteiger partial charge in [0.25, 0.3) is 0 Å². The number of likely N-dealkylation sites (tertiary alicyclic amines) is 1. The molecule has 2 unspecified atom stereocenters. The van der Waals surface area contributed by atoms with Gasteiger partial charge >= 0.3 is 0 Å². The molecule has 4 N–H and O–H groups in total. The molecule has 5 nitrogen and oxygen atoms in total. The van der Waals surface area contributed by atoms with E-state index in [0.717, 1.165) is 32.4 Å². The van der Waals surface area contributed by atoms with E-state index in [2.05, 4.69) is 17.3 Å². The number of hydrogen-bond acceptors (Lipinski definition) is 4. The van der Waals surface area contributed by atoms with Crippen LogP contribution in [-0.2, 0) is 4.79 Å². The van der Waals surface area contributed by atoms with Crippen LogP contribution in [0.2, 0.25) is 0 Å². The minimum Gasteiger partial charge on any atom is -0.382 e. The molecule has 0 radical (unpaired) electrons. The molecule has 88 valence electrons. The molecule has 0 bridgehead atoms. The van der Waals surface area contributed by atoms with Crippen LogP contribution >= 0.6 is 0 Å². The van der Waals surface area contributed by atoms with Crippen molar-refractivity contribution in [2.24, 2.45) is 5.73 Å². The fraction of sp³-hybridized carbons (Fsp3) is 0.900. The number of aliphatic hydroxyl groups excluding tert-OH is 1. The van der Waals surface area contributed by atoms with Crippen molar-refractivity contribution >= 4 is 5.91 Å². The molecule has 1 aliphatic rings. The monoisotopic (exact) mass is 215 g/mol. The summed E-state index contributed by atoms with van der Waals surface area (Å²) < 4.78 is 0. The summed E-state index contributed by atoms with van der Waals surface area (Å²) in [5, 5.41) is 12.4. The van der Waals surface area contributed by atoms with Crippen LogP contribution in [-0.4, -0.2) is 54.7 Å². The van der Waals surface area contributed by atoms with Gasteiger partial charge in [-0.25, -0.2) is 0 Å². The normalized spacial score (nSPS) is 25.9. The van der Waals surface area contributed by atoms with Gasteiger partial charge in [0.15, 0.2) is 0 Å². The Hall–Kier alpha value is -0.650. The smallest absolute Gasteiger partial charge is 0.247 e. The molecule has 1 rings (SSSR count). The SMILES string of the molecule is CN1CCCC(NCC(O)C(N)=O)CC1.